The highest BCUT2D eigenvalue weighted by Gasteiger charge is 2.26. The van der Waals surface area contributed by atoms with E-state index in [2.05, 4.69) is 36.0 Å². The molecule has 4 rings (SSSR count). The second-order valence-corrected chi connectivity index (χ2v) is 13.3. The van der Waals surface area contributed by atoms with Gasteiger partial charge in [0.15, 0.2) is 15.7 Å². The maximum atomic E-state index is 13.2. The molecule has 0 spiro atoms. The van der Waals surface area contributed by atoms with Crippen LogP contribution in [0.5, 0.6) is 0 Å². The van der Waals surface area contributed by atoms with Gasteiger partial charge < -0.3 is 10.2 Å². The zero-order valence-corrected chi connectivity index (χ0v) is 22.8. The lowest BCUT2D eigenvalue weighted by Gasteiger charge is -2.34. The van der Waals surface area contributed by atoms with Crippen LogP contribution in [0, 0.1) is 11.3 Å². The second kappa shape index (κ2) is 10.6. The Kier molecular flexibility index (Phi) is 7.69. The minimum atomic E-state index is -3.51. The predicted octanol–water partition coefficient (Wildman–Crippen LogP) is 5.50. The third kappa shape index (κ3) is 6.95. The Morgan fingerprint density at radius 3 is 2.35 bits per heavy atom. The molecule has 0 atom stereocenters. The Morgan fingerprint density at radius 2 is 1.70 bits per heavy atom. The molecule has 3 aromatic rings. The molecule has 1 amide bonds. The van der Waals surface area contributed by atoms with Gasteiger partial charge in [-0.1, -0.05) is 51.1 Å². The molecule has 196 valence electrons. The van der Waals surface area contributed by atoms with E-state index in [0.717, 1.165) is 29.9 Å². The number of ketones is 1. The van der Waals surface area contributed by atoms with Crippen LogP contribution in [0.4, 0.5) is 11.5 Å². The highest BCUT2D eigenvalue weighted by atomic mass is 32.2. The molecule has 37 heavy (non-hydrogen) atoms. The summed E-state index contributed by atoms with van der Waals surface area (Å²) in [4.78, 5) is 32.2. The maximum Gasteiger partial charge on any atom is 0.255 e. The van der Waals surface area contributed by atoms with Crippen molar-refractivity contribution >= 4 is 43.8 Å². The molecular formula is C29H35N3O4S. The number of sulfone groups is 1. The van der Waals surface area contributed by atoms with Gasteiger partial charge in [0.2, 0.25) is 0 Å². The molecule has 2 heterocycles. The van der Waals surface area contributed by atoms with Crippen LogP contribution in [0.1, 0.15) is 56.8 Å². The number of Topliss-reactive ketones (excluding diaryl/α,β-unsaturated/α-hetero) is 1. The van der Waals surface area contributed by atoms with Crippen molar-refractivity contribution in [1.29, 1.82) is 0 Å². The smallest absolute Gasteiger partial charge is 0.255 e. The third-order valence-corrected chi connectivity index (χ3v) is 7.77. The van der Waals surface area contributed by atoms with Crippen LogP contribution in [-0.4, -0.2) is 44.4 Å². The molecule has 2 aromatic carbocycles. The van der Waals surface area contributed by atoms with Gasteiger partial charge in [0.25, 0.3) is 5.91 Å². The molecule has 1 aromatic heterocycles. The molecular weight excluding hydrogens is 486 g/mol. The van der Waals surface area contributed by atoms with Crippen LogP contribution in [-0.2, 0) is 14.6 Å². The Morgan fingerprint density at radius 1 is 1.03 bits per heavy atom. The Bertz CT molecular complexity index is 1420. The Hall–Kier alpha value is -3.26. The van der Waals surface area contributed by atoms with E-state index in [9.17, 15) is 18.0 Å². The molecule has 1 N–H and O–H groups in total. The molecule has 7 nitrogen and oxygen atoms in total. The SMILES string of the molecule is CC(C)(C)CC(=O)CC1CCN(c2ncc(S(C)(=O)=O)cc2NC(=O)c2ccc3ccccc3c2)CC1. The summed E-state index contributed by atoms with van der Waals surface area (Å²) in [5, 5.41) is 4.89. The van der Waals surface area contributed by atoms with Crippen LogP contribution < -0.4 is 10.2 Å². The average Bonchev–Trinajstić information content (AvgIpc) is 2.82. The first-order chi connectivity index (χ1) is 17.4. The number of amides is 1. The first-order valence-corrected chi connectivity index (χ1v) is 14.6. The number of piperidine rings is 1. The molecule has 0 aliphatic carbocycles. The van der Waals surface area contributed by atoms with Crippen LogP contribution in [0.25, 0.3) is 10.8 Å². The molecule has 0 bridgehead atoms. The number of nitrogens with one attached hydrogen (secondary N) is 1. The summed E-state index contributed by atoms with van der Waals surface area (Å²) in [5.74, 6) is 0.824. The molecule has 8 heteroatoms. The largest absolute Gasteiger partial charge is 0.355 e. The number of carbonyl (C=O) groups is 2. The van der Waals surface area contributed by atoms with Gasteiger partial charge in [-0.05, 0) is 53.1 Å². The summed E-state index contributed by atoms with van der Waals surface area (Å²) in [6.45, 7) is 7.59. The molecule has 1 fully saturated rings. The van der Waals surface area contributed by atoms with E-state index in [-0.39, 0.29) is 16.2 Å². The number of carbonyl (C=O) groups excluding carboxylic acids is 2. The normalized spacial score (nSPS) is 15.1. The van der Waals surface area contributed by atoms with Crippen molar-refractivity contribution in [1.82, 2.24) is 4.98 Å². The first kappa shape index (κ1) is 26.8. The Balaban J connectivity index is 1.53. The van der Waals surface area contributed by atoms with E-state index in [4.69, 9.17) is 0 Å². The van der Waals surface area contributed by atoms with Gasteiger partial charge in [-0.25, -0.2) is 13.4 Å². The average molecular weight is 522 g/mol. The Labute approximate surface area is 219 Å². The second-order valence-electron chi connectivity index (χ2n) is 11.2. The fraction of sp³-hybridized carbons (Fsp3) is 0.414. The topological polar surface area (TPSA) is 96.4 Å². The molecule has 1 aliphatic heterocycles. The van der Waals surface area contributed by atoms with Gasteiger partial charge >= 0.3 is 0 Å². The number of aromatic nitrogens is 1. The van der Waals surface area contributed by atoms with Crippen molar-refractivity contribution in [3.8, 4) is 0 Å². The van der Waals surface area contributed by atoms with E-state index in [1.807, 2.05) is 36.4 Å². The van der Waals surface area contributed by atoms with Crippen LogP contribution in [0.3, 0.4) is 0 Å². The van der Waals surface area contributed by atoms with Crippen molar-refractivity contribution in [3.05, 3.63) is 60.3 Å². The molecule has 1 aliphatic rings. The predicted molar refractivity (Wildman–Crippen MR) is 148 cm³/mol. The van der Waals surface area contributed by atoms with Gasteiger partial charge in [-0.2, -0.15) is 0 Å². The van der Waals surface area contributed by atoms with E-state index in [0.29, 0.717) is 54.7 Å². The quantitative estimate of drug-likeness (QED) is 0.441. The summed E-state index contributed by atoms with van der Waals surface area (Å²) < 4.78 is 24.4. The summed E-state index contributed by atoms with van der Waals surface area (Å²) >= 11 is 0. The number of hydrogen-bond acceptors (Lipinski definition) is 6. The maximum absolute atomic E-state index is 13.2. The van der Waals surface area contributed by atoms with Crippen molar-refractivity contribution in [2.45, 2.75) is 51.3 Å². The fourth-order valence-electron chi connectivity index (χ4n) is 4.84. The number of anilines is 2. The van der Waals surface area contributed by atoms with E-state index < -0.39 is 9.84 Å². The van der Waals surface area contributed by atoms with Gasteiger partial charge in [0, 0.05) is 43.9 Å². The van der Waals surface area contributed by atoms with Gasteiger partial charge in [0.1, 0.15) is 5.78 Å². The lowest BCUT2D eigenvalue weighted by atomic mass is 9.84. The highest BCUT2D eigenvalue weighted by Crippen LogP contribution is 2.32. The number of nitrogens with zero attached hydrogens (tertiary/aromatic N) is 2. The number of rotatable bonds is 7. The van der Waals surface area contributed by atoms with Crippen molar-refractivity contribution in [2.24, 2.45) is 11.3 Å². The lowest BCUT2D eigenvalue weighted by molar-refractivity contribution is -0.121. The van der Waals surface area contributed by atoms with Gasteiger partial charge in [-0.3, -0.25) is 9.59 Å². The first-order valence-electron chi connectivity index (χ1n) is 12.7. The molecule has 1 saturated heterocycles. The third-order valence-electron chi connectivity index (χ3n) is 6.69. The highest BCUT2D eigenvalue weighted by molar-refractivity contribution is 7.90. The number of hydrogen-bond donors (Lipinski definition) is 1. The summed E-state index contributed by atoms with van der Waals surface area (Å²) in [6.07, 6.45) is 5.30. The number of pyridine rings is 1. The standard InChI is InChI=1S/C29H35N3O4S/c1-29(2,3)18-24(33)15-20-11-13-32(14-12-20)27-26(17-25(19-30-27)37(4,35)36)31-28(34)23-10-9-21-7-5-6-8-22(21)16-23/h5-10,16-17,19-20H,11-15,18H2,1-4H3,(H,31,34). The molecule has 0 radical (unpaired) electrons. The van der Waals surface area contributed by atoms with Crippen LogP contribution in [0.15, 0.2) is 59.6 Å². The summed E-state index contributed by atoms with van der Waals surface area (Å²) in [6, 6.07) is 14.7. The van der Waals surface area contributed by atoms with Crippen molar-refractivity contribution < 1.29 is 18.0 Å². The van der Waals surface area contributed by atoms with Crippen LogP contribution in [0.2, 0.25) is 0 Å². The van der Waals surface area contributed by atoms with Gasteiger partial charge in [0.05, 0.1) is 10.6 Å². The van der Waals surface area contributed by atoms with E-state index in [1.165, 1.54) is 12.3 Å². The number of fused-ring (bicyclic) bond motifs is 1. The van der Waals surface area contributed by atoms with E-state index >= 15 is 0 Å². The lowest BCUT2D eigenvalue weighted by Crippen LogP contribution is -2.36. The summed E-state index contributed by atoms with van der Waals surface area (Å²) in [7, 11) is -3.51. The molecule has 0 unspecified atom stereocenters. The van der Waals surface area contributed by atoms with Crippen LogP contribution >= 0.6 is 0 Å². The fourth-order valence-corrected chi connectivity index (χ4v) is 5.42. The number of benzene rings is 2. The zero-order chi connectivity index (χ0) is 26.8. The monoisotopic (exact) mass is 521 g/mol. The minimum Gasteiger partial charge on any atom is -0.355 e. The summed E-state index contributed by atoms with van der Waals surface area (Å²) in [5.41, 5.74) is 0.829. The van der Waals surface area contributed by atoms with E-state index in [1.54, 1.807) is 6.07 Å². The van der Waals surface area contributed by atoms with Crippen molar-refractivity contribution in [3.63, 3.8) is 0 Å². The van der Waals surface area contributed by atoms with Gasteiger partial charge in [-0.15, -0.1) is 0 Å². The zero-order valence-electron chi connectivity index (χ0n) is 22.0. The molecule has 0 saturated carbocycles. The van der Waals surface area contributed by atoms with Crippen molar-refractivity contribution in [2.75, 3.05) is 29.6 Å². The minimum absolute atomic E-state index is 0.0127.